The molecule has 21 heavy (non-hydrogen) atoms. The number of morpholine rings is 1. The average Bonchev–Trinajstić information content (AvgIpc) is 3.14. The zero-order valence-electron chi connectivity index (χ0n) is 11.2. The van der Waals surface area contributed by atoms with Crippen molar-refractivity contribution in [1.82, 2.24) is 4.98 Å². The summed E-state index contributed by atoms with van der Waals surface area (Å²) in [5, 5.41) is 4.76. The first-order valence-electron chi connectivity index (χ1n) is 6.77. The molecule has 1 aromatic carbocycles. The maximum absolute atomic E-state index is 6.01. The van der Waals surface area contributed by atoms with E-state index in [2.05, 4.69) is 9.88 Å². The SMILES string of the molecule is Clc1ccc2oc(-c3csc(N4CCOCC4)n3)cc2c1. The molecule has 6 heteroatoms. The lowest BCUT2D eigenvalue weighted by atomic mass is 10.2. The fourth-order valence-corrected chi connectivity index (χ4v) is 3.47. The van der Waals surface area contributed by atoms with Crippen molar-refractivity contribution in [2.75, 3.05) is 31.2 Å². The molecule has 0 saturated carbocycles. The first-order valence-corrected chi connectivity index (χ1v) is 8.03. The number of fused-ring (bicyclic) bond motifs is 1. The summed E-state index contributed by atoms with van der Waals surface area (Å²) in [6, 6.07) is 7.60. The standard InChI is InChI=1S/C15H13ClN2O2S/c16-11-1-2-13-10(7-11)8-14(20-13)12-9-21-15(17-12)18-3-5-19-6-4-18/h1-2,7-9H,3-6H2. The predicted molar refractivity (Wildman–Crippen MR) is 85.4 cm³/mol. The van der Waals surface area contributed by atoms with Crippen LogP contribution in [0.2, 0.25) is 5.02 Å². The Morgan fingerprint density at radius 3 is 2.90 bits per heavy atom. The zero-order chi connectivity index (χ0) is 14.2. The predicted octanol–water partition coefficient (Wildman–Crippen LogP) is 4.05. The highest BCUT2D eigenvalue weighted by molar-refractivity contribution is 7.14. The Bertz CT molecular complexity index is 777. The summed E-state index contributed by atoms with van der Waals surface area (Å²) in [6.45, 7) is 3.31. The number of hydrogen-bond donors (Lipinski definition) is 0. The largest absolute Gasteiger partial charge is 0.454 e. The number of anilines is 1. The lowest BCUT2D eigenvalue weighted by Gasteiger charge is -2.25. The van der Waals surface area contributed by atoms with Gasteiger partial charge in [0.1, 0.15) is 11.3 Å². The minimum absolute atomic E-state index is 0.710. The lowest BCUT2D eigenvalue weighted by molar-refractivity contribution is 0.122. The van der Waals surface area contributed by atoms with Crippen molar-refractivity contribution in [2.45, 2.75) is 0 Å². The number of benzene rings is 1. The summed E-state index contributed by atoms with van der Waals surface area (Å²) in [6.07, 6.45) is 0. The van der Waals surface area contributed by atoms with Gasteiger partial charge in [-0.25, -0.2) is 4.98 Å². The van der Waals surface area contributed by atoms with Crippen molar-refractivity contribution in [3.63, 3.8) is 0 Å². The van der Waals surface area contributed by atoms with E-state index in [-0.39, 0.29) is 0 Å². The molecule has 0 N–H and O–H groups in total. The smallest absolute Gasteiger partial charge is 0.186 e. The molecule has 2 aromatic heterocycles. The molecule has 0 unspecified atom stereocenters. The molecular formula is C15H13ClN2O2S. The van der Waals surface area contributed by atoms with E-state index in [0.29, 0.717) is 5.02 Å². The highest BCUT2D eigenvalue weighted by Crippen LogP contribution is 2.32. The maximum Gasteiger partial charge on any atom is 0.186 e. The molecule has 1 fully saturated rings. The van der Waals surface area contributed by atoms with Gasteiger partial charge in [0.15, 0.2) is 10.9 Å². The van der Waals surface area contributed by atoms with E-state index >= 15 is 0 Å². The summed E-state index contributed by atoms with van der Waals surface area (Å²) in [7, 11) is 0. The molecule has 1 saturated heterocycles. The Labute approximate surface area is 130 Å². The van der Waals surface area contributed by atoms with Crippen LogP contribution in [0.1, 0.15) is 0 Å². The fourth-order valence-electron chi connectivity index (χ4n) is 2.42. The van der Waals surface area contributed by atoms with Crippen LogP contribution in [-0.2, 0) is 4.74 Å². The first-order chi connectivity index (χ1) is 10.3. The minimum atomic E-state index is 0.710. The van der Waals surface area contributed by atoms with E-state index in [1.807, 2.05) is 29.6 Å². The number of furan rings is 1. The van der Waals surface area contributed by atoms with Gasteiger partial charge >= 0.3 is 0 Å². The van der Waals surface area contributed by atoms with Gasteiger partial charge in [-0.05, 0) is 24.3 Å². The van der Waals surface area contributed by atoms with Crippen LogP contribution < -0.4 is 4.90 Å². The molecule has 4 rings (SSSR count). The molecule has 0 aliphatic carbocycles. The van der Waals surface area contributed by atoms with Gasteiger partial charge in [0.05, 0.1) is 13.2 Å². The Kier molecular flexibility index (Phi) is 3.33. The Morgan fingerprint density at radius 1 is 1.19 bits per heavy atom. The molecule has 1 aliphatic heterocycles. The van der Waals surface area contributed by atoms with Crippen LogP contribution in [0.3, 0.4) is 0 Å². The number of ether oxygens (including phenoxy) is 1. The summed E-state index contributed by atoms with van der Waals surface area (Å²) in [5.74, 6) is 0.781. The molecule has 0 bridgehead atoms. The molecule has 4 nitrogen and oxygen atoms in total. The highest BCUT2D eigenvalue weighted by atomic mass is 35.5. The Hall–Kier alpha value is -1.56. The van der Waals surface area contributed by atoms with Crippen molar-refractivity contribution < 1.29 is 9.15 Å². The van der Waals surface area contributed by atoms with E-state index in [1.165, 1.54) is 0 Å². The Balaban J connectivity index is 1.67. The molecule has 0 amide bonds. The van der Waals surface area contributed by atoms with E-state index in [1.54, 1.807) is 11.3 Å². The third kappa shape index (κ3) is 2.52. The monoisotopic (exact) mass is 320 g/mol. The summed E-state index contributed by atoms with van der Waals surface area (Å²) in [4.78, 5) is 6.93. The average molecular weight is 321 g/mol. The van der Waals surface area contributed by atoms with Crippen molar-refractivity contribution in [3.05, 3.63) is 34.7 Å². The van der Waals surface area contributed by atoms with Crippen molar-refractivity contribution >= 4 is 39.0 Å². The number of hydrogen-bond acceptors (Lipinski definition) is 5. The van der Waals surface area contributed by atoms with Gasteiger partial charge in [-0.1, -0.05) is 11.6 Å². The van der Waals surface area contributed by atoms with E-state index in [9.17, 15) is 0 Å². The third-order valence-electron chi connectivity index (χ3n) is 3.50. The first kappa shape index (κ1) is 13.1. The van der Waals surface area contributed by atoms with Gasteiger partial charge < -0.3 is 14.1 Å². The van der Waals surface area contributed by atoms with Crippen LogP contribution in [0.5, 0.6) is 0 Å². The van der Waals surface area contributed by atoms with E-state index in [4.69, 9.17) is 20.8 Å². The zero-order valence-corrected chi connectivity index (χ0v) is 12.8. The summed E-state index contributed by atoms with van der Waals surface area (Å²) >= 11 is 7.64. The highest BCUT2D eigenvalue weighted by Gasteiger charge is 2.16. The molecule has 3 heterocycles. The van der Waals surface area contributed by atoms with E-state index < -0.39 is 0 Å². The molecular weight excluding hydrogens is 308 g/mol. The number of thiazole rings is 1. The number of halogens is 1. The Morgan fingerprint density at radius 2 is 2.05 bits per heavy atom. The van der Waals surface area contributed by atoms with Gasteiger partial charge in [0.25, 0.3) is 0 Å². The number of nitrogens with zero attached hydrogens (tertiary/aromatic N) is 2. The van der Waals surface area contributed by atoms with E-state index in [0.717, 1.165) is 53.9 Å². The molecule has 0 radical (unpaired) electrons. The molecule has 1 aliphatic rings. The van der Waals surface area contributed by atoms with Gasteiger partial charge in [-0.2, -0.15) is 0 Å². The van der Waals surface area contributed by atoms with Gasteiger partial charge in [0.2, 0.25) is 0 Å². The molecule has 3 aromatic rings. The van der Waals surface area contributed by atoms with Crippen molar-refractivity contribution in [2.24, 2.45) is 0 Å². The summed E-state index contributed by atoms with van der Waals surface area (Å²) < 4.78 is 11.2. The maximum atomic E-state index is 6.01. The lowest BCUT2D eigenvalue weighted by Crippen LogP contribution is -2.36. The second kappa shape index (κ2) is 5.33. The fraction of sp³-hybridized carbons (Fsp3) is 0.267. The minimum Gasteiger partial charge on any atom is -0.454 e. The number of aromatic nitrogens is 1. The quantitative estimate of drug-likeness (QED) is 0.714. The van der Waals surface area contributed by atoms with Crippen LogP contribution in [0.25, 0.3) is 22.4 Å². The van der Waals surface area contributed by atoms with Gasteiger partial charge in [-0.3, -0.25) is 0 Å². The van der Waals surface area contributed by atoms with Crippen LogP contribution in [0.15, 0.2) is 34.1 Å². The topological polar surface area (TPSA) is 38.5 Å². The second-order valence-electron chi connectivity index (χ2n) is 4.91. The van der Waals surface area contributed by atoms with Crippen LogP contribution in [-0.4, -0.2) is 31.3 Å². The molecule has 0 atom stereocenters. The normalized spacial score (nSPS) is 15.8. The van der Waals surface area contributed by atoms with Crippen LogP contribution >= 0.6 is 22.9 Å². The summed E-state index contributed by atoms with van der Waals surface area (Å²) in [5.41, 5.74) is 1.70. The molecule has 0 spiro atoms. The van der Waals surface area contributed by atoms with Gasteiger partial charge in [-0.15, -0.1) is 11.3 Å². The molecule has 108 valence electrons. The van der Waals surface area contributed by atoms with Gasteiger partial charge in [0, 0.05) is 28.9 Å². The second-order valence-corrected chi connectivity index (χ2v) is 6.18. The van der Waals surface area contributed by atoms with Crippen molar-refractivity contribution in [1.29, 1.82) is 0 Å². The van der Waals surface area contributed by atoms with Crippen LogP contribution in [0, 0.1) is 0 Å². The van der Waals surface area contributed by atoms with Crippen LogP contribution in [0.4, 0.5) is 5.13 Å². The number of rotatable bonds is 2. The third-order valence-corrected chi connectivity index (χ3v) is 4.64. The van der Waals surface area contributed by atoms with Crippen molar-refractivity contribution in [3.8, 4) is 11.5 Å².